The summed E-state index contributed by atoms with van der Waals surface area (Å²) in [5.41, 5.74) is 8.43. The summed E-state index contributed by atoms with van der Waals surface area (Å²) in [5.74, 6) is 0. The van der Waals surface area contributed by atoms with Gasteiger partial charge in [-0.05, 0) is 34.4 Å². The zero-order chi connectivity index (χ0) is 5.11. The van der Waals surface area contributed by atoms with Crippen LogP contribution in [0.3, 0.4) is 0 Å². The molecular weight excluding hydrogens is 199 g/mol. The van der Waals surface area contributed by atoms with Gasteiger partial charge >= 0.3 is 0 Å². The van der Waals surface area contributed by atoms with Crippen molar-refractivity contribution in [3.63, 3.8) is 0 Å². The van der Waals surface area contributed by atoms with Gasteiger partial charge in [-0.15, -0.1) is 0 Å². The van der Waals surface area contributed by atoms with Gasteiger partial charge in [-0.1, -0.05) is 11.5 Å². The first-order chi connectivity index (χ1) is 3.39. The molecule has 0 aromatic heterocycles. The molecule has 0 aromatic carbocycles. The van der Waals surface area contributed by atoms with Crippen LogP contribution in [0.5, 0.6) is 0 Å². The predicted molar refractivity (Wildman–Crippen MR) is 37.3 cm³/mol. The Morgan fingerprint density at radius 3 is 2.86 bits per heavy atom. The summed E-state index contributed by atoms with van der Waals surface area (Å²) in [4.78, 5) is 0. The average Bonchev–Trinajstić information content (AvgIpc) is 1.69. The molecule has 1 heteroatoms. The van der Waals surface area contributed by atoms with Crippen LogP contribution >= 0.6 is 22.6 Å². The highest BCUT2D eigenvalue weighted by Crippen LogP contribution is 2.09. The highest BCUT2D eigenvalue weighted by atomic mass is 127. The number of hydrogen-bond donors (Lipinski definition) is 0. The van der Waals surface area contributed by atoms with Gasteiger partial charge in [0, 0.05) is 10.0 Å². The third kappa shape index (κ3) is 1.38. The maximum absolute atomic E-state index is 2.89. The first kappa shape index (κ1) is 4.96. The van der Waals surface area contributed by atoms with Gasteiger partial charge in [0.05, 0.1) is 0 Å². The van der Waals surface area contributed by atoms with Crippen molar-refractivity contribution in [2.24, 2.45) is 0 Å². The van der Waals surface area contributed by atoms with E-state index < -0.39 is 0 Å². The third-order valence-corrected chi connectivity index (χ3v) is 1.36. The lowest BCUT2D eigenvalue weighted by Crippen LogP contribution is -1.62. The van der Waals surface area contributed by atoms with Crippen molar-refractivity contribution in [3.8, 4) is 0 Å². The van der Waals surface area contributed by atoms with Crippen molar-refractivity contribution in [1.29, 1.82) is 0 Å². The monoisotopic (exact) mass is 202 g/mol. The molecule has 1 rings (SSSR count). The van der Waals surface area contributed by atoms with E-state index >= 15 is 0 Å². The van der Waals surface area contributed by atoms with Crippen LogP contribution in [-0.2, 0) is 0 Å². The molecule has 0 spiro atoms. The van der Waals surface area contributed by atoms with Crippen molar-refractivity contribution < 1.29 is 0 Å². The largest absolute Gasteiger partial charge is 0.0654 e. The Balaban J connectivity index is 3.16. The molecule has 1 aliphatic rings. The molecule has 0 saturated carbocycles. The molecule has 0 amide bonds. The van der Waals surface area contributed by atoms with E-state index in [0.717, 1.165) is 6.42 Å². The van der Waals surface area contributed by atoms with Crippen LogP contribution in [0.1, 0.15) is 6.42 Å². The first-order valence-electron chi connectivity index (χ1n) is 1.99. The van der Waals surface area contributed by atoms with Crippen LogP contribution in [0.25, 0.3) is 0 Å². The summed E-state index contributed by atoms with van der Waals surface area (Å²) in [5, 5.41) is 0. The lowest BCUT2D eigenvalue weighted by atomic mass is 10.3. The fourth-order valence-corrected chi connectivity index (χ4v) is 0.702. The Kier molecular flexibility index (Phi) is 1.56. The van der Waals surface area contributed by atoms with Gasteiger partial charge < -0.3 is 0 Å². The second-order valence-electron chi connectivity index (χ2n) is 1.21. The fourth-order valence-electron chi connectivity index (χ4n) is 0.347. The van der Waals surface area contributed by atoms with E-state index in [1.807, 2.05) is 6.08 Å². The zero-order valence-electron chi connectivity index (χ0n) is 3.66. The summed E-state index contributed by atoms with van der Waals surface area (Å²) in [6, 6.07) is 0. The minimum atomic E-state index is 0.980. The van der Waals surface area contributed by atoms with E-state index in [1.54, 1.807) is 0 Å². The molecular formula is C6H3I. The zero-order valence-corrected chi connectivity index (χ0v) is 5.82. The van der Waals surface area contributed by atoms with E-state index in [2.05, 4.69) is 39.8 Å². The molecule has 0 aliphatic heterocycles. The number of hydrogen-bond acceptors (Lipinski definition) is 0. The molecule has 0 nitrogen and oxygen atoms in total. The molecule has 0 atom stereocenters. The summed E-state index contributed by atoms with van der Waals surface area (Å²) >= 11 is 2.23. The Morgan fingerprint density at radius 2 is 2.57 bits per heavy atom. The highest BCUT2D eigenvalue weighted by molar-refractivity contribution is 14.1. The molecule has 7 heavy (non-hydrogen) atoms. The van der Waals surface area contributed by atoms with Gasteiger partial charge in [0.25, 0.3) is 0 Å². The molecule has 34 valence electrons. The maximum Gasteiger partial charge on any atom is 0.0458 e. The van der Waals surface area contributed by atoms with E-state index in [9.17, 15) is 0 Å². The van der Waals surface area contributed by atoms with Gasteiger partial charge in [-0.25, -0.2) is 0 Å². The number of allylic oxidation sites excluding steroid dienone is 2. The summed E-state index contributed by atoms with van der Waals surface area (Å²) in [7, 11) is 0. The molecule has 0 saturated heterocycles. The third-order valence-electron chi connectivity index (χ3n) is 0.654. The second-order valence-corrected chi connectivity index (χ2v) is 2.51. The van der Waals surface area contributed by atoms with Crippen LogP contribution < -0.4 is 0 Å². The Bertz CT molecular complexity index is 194. The van der Waals surface area contributed by atoms with Crippen molar-refractivity contribution in [3.05, 3.63) is 26.8 Å². The summed E-state index contributed by atoms with van der Waals surface area (Å²) < 4.78 is 1.20. The van der Waals surface area contributed by atoms with E-state index in [0.29, 0.717) is 0 Å². The topological polar surface area (TPSA) is 0 Å². The second kappa shape index (κ2) is 2.20. The van der Waals surface area contributed by atoms with Gasteiger partial charge in [0.15, 0.2) is 0 Å². The normalized spacial score (nSPS) is 14.7. The van der Waals surface area contributed by atoms with Crippen molar-refractivity contribution >= 4 is 22.6 Å². The van der Waals surface area contributed by atoms with Crippen LogP contribution in [-0.4, -0.2) is 0 Å². The predicted octanol–water partition coefficient (Wildman–Crippen LogP) is 2.17. The average molecular weight is 202 g/mol. The number of halogens is 1. The van der Waals surface area contributed by atoms with Gasteiger partial charge in [0.2, 0.25) is 0 Å². The maximum atomic E-state index is 2.89. The van der Waals surface area contributed by atoms with Gasteiger partial charge in [-0.2, -0.15) is 0 Å². The molecule has 0 radical (unpaired) electrons. The number of rotatable bonds is 0. The lowest BCUT2D eigenvalue weighted by molar-refractivity contribution is 1.38. The van der Waals surface area contributed by atoms with Gasteiger partial charge in [0.1, 0.15) is 0 Å². The minimum absolute atomic E-state index is 0.980. The lowest BCUT2D eigenvalue weighted by Gasteiger charge is -1.82. The quantitative estimate of drug-likeness (QED) is 0.417. The van der Waals surface area contributed by atoms with Crippen LogP contribution in [0.2, 0.25) is 0 Å². The Hall–Kier alpha value is -0.190. The van der Waals surface area contributed by atoms with Crippen LogP contribution in [0, 0.1) is 0 Å². The standard InChI is InChI=1S/C6H3I/c7-6-4-2-1-3-5-6/h2H,4H2. The molecule has 0 heterocycles. The minimum Gasteiger partial charge on any atom is -0.0654 e. The Labute approximate surface area is 56.1 Å². The molecule has 0 aromatic rings. The van der Waals surface area contributed by atoms with Gasteiger partial charge in [-0.3, -0.25) is 0 Å². The molecule has 0 bridgehead atoms. The molecule has 0 unspecified atom stereocenters. The Morgan fingerprint density at radius 1 is 1.71 bits per heavy atom. The SMILES string of the molecule is IC1=C=C=C=CC1. The van der Waals surface area contributed by atoms with Crippen molar-refractivity contribution in [2.45, 2.75) is 6.42 Å². The highest BCUT2D eigenvalue weighted by Gasteiger charge is 1.83. The molecule has 1 aliphatic carbocycles. The smallest absolute Gasteiger partial charge is 0.0458 e. The summed E-state index contributed by atoms with van der Waals surface area (Å²) in [6.07, 6.45) is 2.92. The van der Waals surface area contributed by atoms with Crippen LogP contribution in [0.4, 0.5) is 0 Å². The molecule has 0 N–H and O–H groups in total. The van der Waals surface area contributed by atoms with Crippen molar-refractivity contribution in [1.82, 2.24) is 0 Å². The summed E-state index contributed by atoms with van der Waals surface area (Å²) in [6.45, 7) is 0. The first-order valence-corrected chi connectivity index (χ1v) is 3.07. The van der Waals surface area contributed by atoms with E-state index in [1.165, 1.54) is 3.58 Å². The van der Waals surface area contributed by atoms with Crippen molar-refractivity contribution in [2.75, 3.05) is 0 Å². The van der Waals surface area contributed by atoms with E-state index in [-0.39, 0.29) is 0 Å². The van der Waals surface area contributed by atoms with E-state index in [4.69, 9.17) is 0 Å². The molecule has 0 fully saturated rings. The van der Waals surface area contributed by atoms with Crippen LogP contribution in [0.15, 0.2) is 26.8 Å². The fraction of sp³-hybridized carbons (Fsp3) is 0.167.